The number of carbonyl (C=O) groups excluding carboxylic acids is 1. The van der Waals surface area contributed by atoms with Crippen LogP contribution in [0.15, 0.2) is 48.8 Å². The number of fused-ring (bicyclic) bond motifs is 1. The highest BCUT2D eigenvalue weighted by molar-refractivity contribution is 5.79. The Hall–Kier alpha value is -2.36. The highest BCUT2D eigenvalue weighted by Crippen LogP contribution is 2.25. The molecule has 2 unspecified atom stereocenters. The van der Waals surface area contributed by atoms with Crippen LogP contribution in [-0.4, -0.2) is 16.9 Å². The number of allylic oxidation sites excluding steroid dienone is 1. The predicted octanol–water partition coefficient (Wildman–Crippen LogP) is 4.34. The van der Waals surface area contributed by atoms with Gasteiger partial charge in [-0.3, -0.25) is 9.78 Å². The summed E-state index contributed by atoms with van der Waals surface area (Å²) < 4.78 is 0. The van der Waals surface area contributed by atoms with Crippen molar-refractivity contribution in [2.24, 2.45) is 17.6 Å². The molecule has 1 amide bonds. The van der Waals surface area contributed by atoms with Crippen LogP contribution in [0, 0.1) is 11.8 Å². The number of amides is 1. The number of nitrogens with one attached hydrogen (secondary N) is 1. The fraction of sp³-hybridized carbons (Fsp3) is 0.478. The first-order valence-electron chi connectivity index (χ1n) is 10.1. The van der Waals surface area contributed by atoms with E-state index >= 15 is 0 Å². The molecule has 1 fully saturated rings. The average Bonchev–Trinajstić information content (AvgIpc) is 2.68. The minimum atomic E-state index is 0.0816. The first kappa shape index (κ1) is 19.4. The smallest absolute Gasteiger partial charge is 0.223 e. The zero-order valence-corrected chi connectivity index (χ0v) is 16.3. The molecule has 3 N–H and O–H groups in total. The maximum atomic E-state index is 12.5. The Kier molecular flexibility index (Phi) is 6.49. The van der Waals surface area contributed by atoms with E-state index in [-0.39, 0.29) is 23.8 Å². The van der Waals surface area contributed by atoms with E-state index in [2.05, 4.69) is 35.9 Å². The fourth-order valence-electron chi connectivity index (χ4n) is 4.09. The molecule has 2 aromatic rings. The molecular formula is C23H31N3O. The summed E-state index contributed by atoms with van der Waals surface area (Å²) in [5.41, 5.74) is 8.91. The normalized spacial score (nSPS) is 17.4. The zero-order valence-electron chi connectivity index (χ0n) is 16.3. The van der Waals surface area contributed by atoms with Gasteiger partial charge in [-0.15, -0.1) is 0 Å². The molecule has 1 aliphatic carbocycles. The van der Waals surface area contributed by atoms with Crippen LogP contribution in [0.4, 0.5) is 0 Å². The molecule has 1 aliphatic rings. The van der Waals surface area contributed by atoms with Crippen LogP contribution in [0.2, 0.25) is 0 Å². The molecule has 144 valence electrons. The average molecular weight is 366 g/mol. The van der Waals surface area contributed by atoms with Gasteiger partial charge in [0.2, 0.25) is 5.91 Å². The Morgan fingerprint density at radius 2 is 2.04 bits per heavy atom. The van der Waals surface area contributed by atoms with Crippen molar-refractivity contribution in [2.75, 3.05) is 0 Å². The van der Waals surface area contributed by atoms with E-state index < -0.39 is 0 Å². The zero-order chi connectivity index (χ0) is 19.2. The van der Waals surface area contributed by atoms with Crippen LogP contribution in [0.1, 0.15) is 51.0 Å². The van der Waals surface area contributed by atoms with Gasteiger partial charge in [0.1, 0.15) is 0 Å². The van der Waals surface area contributed by atoms with Crippen LogP contribution in [0.3, 0.4) is 0 Å². The van der Waals surface area contributed by atoms with Gasteiger partial charge in [-0.2, -0.15) is 0 Å². The molecule has 0 bridgehead atoms. The third-order valence-corrected chi connectivity index (χ3v) is 5.66. The molecule has 0 saturated heterocycles. The van der Waals surface area contributed by atoms with Gasteiger partial charge in [-0.25, -0.2) is 0 Å². The second kappa shape index (κ2) is 9.03. The van der Waals surface area contributed by atoms with E-state index in [9.17, 15) is 4.79 Å². The lowest BCUT2D eigenvalue weighted by molar-refractivity contribution is -0.126. The number of nitrogens with two attached hydrogens (primary N) is 1. The van der Waals surface area contributed by atoms with Crippen molar-refractivity contribution in [3.05, 3.63) is 54.4 Å². The Morgan fingerprint density at radius 3 is 2.78 bits per heavy atom. The highest BCUT2D eigenvalue weighted by atomic mass is 16.1. The molecule has 0 radical (unpaired) electrons. The van der Waals surface area contributed by atoms with Crippen LogP contribution >= 0.6 is 0 Å². The van der Waals surface area contributed by atoms with Gasteiger partial charge in [0, 0.05) is 35.2 Å². The van der Waals surface area contributed by atoms with E-state index in [1.54, 1.807) is 0 Å². The first-order valence-corrected chi connectivity index (χ1v) is 10.1. The number of carbonyl (C=O) groups is 1. The number of hydrogen-bond acceptors (Lipinski definition) is 3. The minimum absolute atomic E-state index is 0.0816. The molecule has 0 spiro atoms. The van der Waals surface area contributed by atoms with Gasteiger partial charge < -0.3 is 11.1 Å². The molecule has 3 rings (SSSR count). The number of rotatable bonds is 7. The van der Waals surface area contributed by atoms with Crippen molar-refractivity contribution in [2.45, 2.75) is 57.9 Å². The molecule has 27 heavy (non-hydrogen) atoms. The van der Waals surface area contributed by atoms with E-state index in [1.165, 1.54) is 19.3 Å². The van der Waals surface area contributed by atoms with Crippen LogP contribution < -0.4 is 11.1 Å². The van der Waals surface area contributed by atoms with Gasteiger partial charge in [0.25, 0.3) is 0 Å². The van der Waals surface area contributed by atoms with E-state index in [4.69, 9.17) is 5.73 Å². The van der Waals surface area contributed by atoms with Crippen molar-refractivity contribution >= 4 is 16.8 Å². The molecule has 1 aromatic carbocycles. The van der Waals surface area contributed by atoms with Gasteiger partial charge in [-0.1, -0.05) is 44.0 Å². The summed E-state index contributed by atoms with van der Waals surface area (Å²) in [6.45, 7) is 6.05. The summed E-state index contributed by atoms with van der Waals surface area (Å²) in [6, 6.07) is 10.4. The maximum Gasteiger partial charge on any atom is 0.223 e. The third-order valence-electron chi connectivity index (χ3n) is 5.66. The van der Waals surface area contributed by atoms with Crippen LogP contribution in [0.5, 0.6) is 0 Å². The van der Waals surface area contributed by atoms with Gasteiger partial charge in [-0.05, 0) is 50.3 Å². The standard InChI is InChI=1S/C23H31N3O/c1-16(26-23(27)19-8-4-3-5-9-19)12-21(17(2)24)14-18-13-20-10-6-7-11-22(20)25-15-18/h6-7,10-11,13,15-16,19,21H,2-5,8-9,12,14,24H2,1H3,(H,26,27). The van der Waals surface area contributed by atoms with Crippen LogP contribution in [-0.2, 0) is 11.2 Å². The lowest BCUT2D eigenvalue weighted by Gasteiger charge is -2.26. The Morgan fingerprint density at radius 1 is 1.30 bits per heavy atom. The van der Waals surface area contributed by atoms with Crippen LogP contribution in [0.25, 0.3) is 10.9 Å². The molecule has 1 aromatic heterocycles. The third kappa shape index (κ3) is 5.31. The molecule has 1 saturated carbocycles. The summed E-state index contributed by atoms with van der Waals surface area (Å²) in [5.74, 6) is 0.510. The molecule has 2 atom stereocenters. The number of pyridine rings is 1. The predicted molar refractivity (Wildman–Crippen MR) is 111 cm³/mol. The monoisotopic (exact) mass is 365 g/mol. The Labute approximate surface area is 162 Å². The summed E-state index contributed by atoms with van der Waals surface area (Å²) in [7, 11) is 0. The van der Waals surface area contributed by atoms with E-state index in [1.807, 2.05) is 24.4 Å². The lowest BCUT2D eigenvalue weighted by atomic mass is 9.87. The van der Waals surface area contributed by atoms with Crippen molar-refractivity contribution in [1.82, 2.24) is 10.3 Å². The maximum absolute atomic E-state index is 12.5. The van der Waals surface area contributed by atoms with Gasteiger partial charge in [0.15, 0.2) is 0 Å². The summed E-state index contributed by atoms with van der Waals surface area (Å²) in [5, 5.41) is 4.33. The second-order valence-electron chi connectivity index (χ2n) is 7.99. The topological polar surface area (TPSA) is 68.0 Å². The van der Waals surface area contributed by atoms with E-state index in [0.717, 1.165) is 42.1 Å². The van der Waals surface area contributed by atoms with Crippen molar-refractivity contribution < 1.29 is 4.79 Å². The van der Waals surface area contributed by atoms with Crippen molar-refractivity contribution in [3.8, 4) is 0 Å². The first-order chi connectivity index (χ1) is 13.0. The minimum Gasteiger partial charge on any atom is -0.402 e. The quantitative estimate of drug-likeness (QED) is 0.767. The number of para-hydroxylation sites is 1. The van der Waals surface area contributed by atoms with E-state index in [0.29, 0.717) is 5.70 Å². The Bertz CT molecular complexity index is 795. The molecule has 4 heteroatoms. The SMILES string of the molecule is C=C(N)C(Cc1cnc2ccccc2c1)CC(C)NC(=O)C1CCCCC1. The van der Waals surface area contributed by atoms with Crippen molar-refractivity contribution in [1.29, 1.82) is 0 Å². The molecule has 4 nitrogen and oxygen atoms in total. The number of hydrogen-bond donors (Lipinski definition) is 2. The Balaban J connectivity index is 1.60. The van der Waals surface area contributed by atoms with Crippen molar-refractivity contribution in [3.63, 3.8) is 0 Å². The lowest BCUT2D eigenvalue weighted by Crippen LogP contribution is -2.39. The van der Waals surface area contributed by atoms with Gasteiger partial charge in [0.05, 0.1) is 5.52 Å². The molecule has 1 heterocycles. The van der Waals surface area contributed by atoms with Gasteiger partial charge >= 0.3 is 0 Å². The summed E-state index contributed by atoms with van der Waals surface area (Å²) >= 11 is 0. The number of nitrogens with zero attached hydrogens (tertiary/aromatic N) is 1. The molecule has 0 aliphatic heterocycles. The largest absolute Gasteiger partial charge is 0.402 e. The number of benzene rings is 1. The number of aromatic nitrogens is 1. The second-order valence-corrected chi connectivity index (χ2v) is 7.99. The summed E-state index contributed by atoms with van der Waals surface area (Å²) in [6.07, 6.45) is 9.14. The molecular weight excluding hydrogens is 334 g/mol. The highest BCUT2D eigenvalue weighted by Gasteiger charge is 2.23. The summed E-state index contributed by atoms with van der Waals surface area (Å²) in [4.78, 5) is 17.0. The fourth-order valence-corrected chi connectivity index (χ4v) is 4.09.